The van der Waals surface area contributed by atoms with Crippen LogP contribution in [0.4, 0.5) is 4.79 Å². The fourth-order valence-corrected chi connectivity index (χ4v) is 5.10. The Morgan fingerprint density at radius 2 is 2.03 bits per heavy atom. The SMILES string of the molecule is CC(C)Oc1ccc(-c2nc(-c3cccc4c3CCC[C@H]4NC(=O)N3CCCCC3)no2)cc1C#N. The molecule has 0 bridgehead atoms. The number of carbonyl (C=O) groups is 1. The monoisotopic (exact) mass is 485 g/mol. The second-order valence-corrected chi connectivity index (χ2v) is 9.73. The number of rotatable bonds is 5. The van der Waals surface area contributed by atoms with Gasteiger partial charge in [-0.25, -0.2) is 4.79 Å². The fourth-order valence-electron chi connectivity index (χ4n) is 5.10. The first-order chi connectivity index (χ1) is 17.5. The standard InChI is InChI=1S/C28H31N5O3/c1-18(2)35-25-13-12-19(16-20(25)17-29)27-31-26(32-36-27)23-10-6-9-22-21(23)8-7-11-24(22)30-28(34)33-14-4-3-5-15-33/h6,9-10,12-13,16,18,24H,3-5,7-8,11,14-15H2,1-2H3,(H,30,34)/t24-/m1/s1. The molecular formula is C28H31N5O3. The number of aromatic nitrogens is 2. The summed E-state index contributed by atoms with van der Waals surface area (Å²) >= 11 is 0. The summed E-state index contributed by atoms with van der Waals surface area (Å²) in [5.74, 6) is 1.39. The molecule has 1 N–H and O–H groups in total. The van der Waals surface area contributed by atoms with E-state index in [2.05, 4.69) is 27.6 Å². The number of likely N-dealkylation sites (tertiary alicyclic amines) is 1. The van der Waals surface area contributed by atoms with Crippen molar-refractivity contribution in [3.63, 3.8) is 0 Å². The van der Waals surface area contributed by atoms with E-state index in [1.54, 1.807) is 12.1 Å². The molecule has 1 fully saturated rings. The topological polar surface area (TPSA) is 104 Å². The summed E-state index contributed by atoms with van der Waals surface area (Å²) in [6.07, 6.45) is 6.09. The molecule has 0 unspecified atom stereocenters. The molecule has 5 rings (SSSR count). The second-order valence-electron chi connectivity index (χ2n) is 9.73. The first kappa shape index (κ1) is 23.9. The average Bonchev–Trinajstić information content (AvgIpc) is 3.39. The second kappa shape index (κ2) is 10.4. The molecule has 0 radical (unpaired) electrons. The van der Waals surface area contributed by atoms with Crippen molar-refractivity contribution in [1.82, 2.24) is 20.4 Å². The number of urea groups is 1. The van der Waals surface area contributed by atoms with Crippen LogP contribution in [-0.4, -0.2) is 40.3 Å². The van der Waals surface area contributed by atoms with Gasteiger partial charge in [-0.05, 0) is 81.7 Å². The summed E-state index contributed by atoms with van der Waals surface area (Å²) in [6.45, 7) is 5.50. The number of benzene rings is 2. The van der Waals surface area contributed by atoms with Crippen molar-refractivity contribution in [2.24, 2.45) is 0 Å². The van der Waals surface area contributed by atoms with Gasteiger partial charge in [0.25, 0.3) is 5.89 Å². The predicted octanol–water partition coefficient (Wildman–Crippen LogP) is 5.64. The Kier molecular flexibility index (Phi) is 6.90. The highest BCUT2D eigenvalue weighted by Gasteiger charge is 2.27. The maximum Gasteiger partial charge on any atom is 0.317 e. The van der Waals surface area contributed by atoms with Gasteiger partial charge in [-0.15, -0.1) is 0 Å². The maximum absolute atomic E-state index is 12.9. The number of nitrogens with zero attached hydrogens (tertiary/aromatic N) is 4. The van der Waals surface area contributed by atoms with Crippen molar-refractivity contribution in [1.29, 1.82) is 5.26 Å². The third-order valence-corrected chi connectivity index (χ3v) is 6.82. The number of hydrogen-bond acceptors (Lipinski definition) is 6. The third kappa shape index (κ3) is 4.92. The van der Waals surface area contributed by atoms with E-state index in [-0.39, 0.29) is 18.2 Å². The Labute approximate surface area is 211 Å². The lowest BCUT2D eigenvalue weighted by atomic mass is 9.84. The lowest BCUT2D eigenvalue weighted by molar-refractivity contribution is 0.181. The average molecular weight is 486 g/mol. The van der Waals surface area contributed by atoms with Gasteiger partial charge in [0.2, 0.25) is 5.82 Å². The van der Waals surface area contributed by atoms with Crippen LogP contribution < -0.4 is 10.1 Å². The van der Waals surface area contributed by atoms with E-state index < -0.39 is 0 Å². The van der Waals surface area contributed by atoms with E-state index in [4.69, 9.17) is 9.26 Å². The highest BCUT2D eigenvalue weighted by molar-refractivity contribution is 5.75. The zero-order valence-corrected chi connectivity index (χ0v) is 20.8. The van der Waals surface area contributed by atoms with Gasteiger partial charge in [0.05, 0.1) is 17.7 Å². The van der Waals surface area contributed by atoms with Gasteiger partial charge in [0.15, 0.2) is 0 Å². The Balaban J connectivity index is 1.40. The van der Waals surface area contributed by atoms with Gasteiger partial charge < -0.3 is 19.5 Å². The molecule has 8 heteroatoms. The summed E-state index contributed by atoms with van der Waals surface area (Å²) in [7, 11) is 0. The molecule has 8 nitrogen and oxygen atoms in total. The van der Waals surface area contributed by atoms with E-state index in [0.717, 1.165) is 61.9 Å². The van der Waals surface area contributed by atoms with Crippen LogP contribution in [0.25, 0.3) is 22.8 Å². The van der Waals surface area contributed by atoms with Gasteiger partial charge in [-0.2, -0.15) is 10.2 Å². The van der Waals surface area contributed by atoms with Crippen molar-refractivity contribution in [2.75, 3.05) is 13.1 Å². The van der Waals surface area contributed by atoms with Gasteiger partial charge in [0, 0.05) is 24.2 Å². The highest BCUT2D eigenvalue weighted by atomic mass is 16.5. The maximum atomic E-state index is 12.9. The molecule has 2 aliphatic rings. The third-order valence-electron chi connectivity index (χ3n) is 6.82. The molecule has 1 aliphatic heterocycles. The molecule has 2 amide bonds. The van der Waals surface area contributed by atoms with Gasteiger partial charge in [-0.3, -0.25) is 0 Å². The Hall–Kier alpha value is -3.86. The van der Waals surface area contributed by atoms with Crippen LogP contribution in [-0.2, 0) is 6.42 Å². The van der Waals surface area contributed by atoms with Crippen molar-refractivity contribution in [3.05, 3.63) is 53.1 Å². The van der Waals surface area contributed by atoms with Gasteiger partial charge in [0.1, 0.15) is 11.8 Å². The summed E-state index contributed by atoms with van der Waals surface area (Å²) in [4.78, 5) is 19.5. The predicted molar refractivity (Wildman–Crippen MR) is 135 cm³/mol. The molecule has 2 aromatic carbocycles. The number of fused-ring (bicyclic) bond motifs is 1. The summed E-state index contributed by atoms with van der Waals surface area (Å²) < 4.78 is 11.3. The number of hydrogen-bond donors (Lipinski definition) is 1. The smallest absolute Gasteiger partial charge is 0.317 e. The fraction of sp³-hybridized carbons (Fsp3) is 0.429. The van der Waals surface area contributed by atoms with Crippen molar-refractivity contribution < 1.29 is 14.1 Å². The van der Waals surface area contributed by atoms with Crippen LogP contribution in [0.3, 0.4) is 0 Å². The number of ether oxygens (including phenoxy) is 1. The van der Waals surface area contributed by atoms with Gasteiger partial charge in [-0.1, -0.05) is 23.4 Å². The zero-order valence-electron chi connectivity index (χ0n) is 20.8. The minimum atomic E-state index is -0.0318. The molecule has 36 heavy (non-hydrogen) atoms. The molecule has 1 aliphatic carbocycles. The van der Waals surface area contributed by atoms with E-state index in [0.29, 0.717) is 28.6 Å². The number of piperidine rings is 1. The number of carbonyl (C=O) groups excluding carboxylic acids is 1. The molecular weight excluding hydrogens is 454 g/mol. The van der Waals surface area contributed by atoms with Crippen LogP contribution in [0.15, 0.2) is 40.9 Å². The van der Waals surface area contributed by atoms with Crippen LogP contribution in [0.5, 0.6) is 5.75 Å². The van der Waals surface area contributed by atoms with E-state index >= 15 is 0 Å². The minimum Gasteiger partial charge on any atom is -0.490 e. The first-order valence-electron chi connectivity index (χ1n) is 12.8. The van der Waals surface area contributed by atoms with Crippen LogP contribution in [0, 0.1) is 11.3 Å². The van der Waals surface area contributed by atoms with E-state index in [9.17, 15) is 10.1 Å². The van der Waals surface area contributed by atoms with Crippen LogP contribution >= 0.6 is 0 Å². The Bertz CT molecular complexity index is 1290. The number of amides is 2. The van der Waals surface area contributed by atoms with Crippen molar-refractivity contribution in [2.45, 2.75) is 64.5 Å². The normalized spacial score (nSPS) is 17.4. The van der Waals surface area contributed by atoms with Crippen molar-refractivity contribution in [3.8, 4) is 34.7 Å². The molecule has 186 valence electrons. The summed E-state index contributed by atoms with van der Waals surface area (Å²) in [6, 6.07) is 13.6. The number of nitrogens with one attached hydrogen (secondary N) is 1. The highest BCUT2D eigenvalue weighted by Crippen LogP contribution is 2.36. The molecule has 0 saturated carbocycles. The largest absolute Gasteiger partial charge is 0.490 e. The Morgan fingerprint density at radius 1 is 1.19 bits per heavy atom. The lowest BCUT2D eigenvalue weighted by Crippen LogP contribution is -2.44. The Morgan fingerprint density at radius 3 is 2.81 bits per heavy atom. The molecule has 1 saturated heterocycles. The molecule has 0 spiro atoms. The first-order valence-corrected chi connectivity index (χ1v) is 12.8. The molecule has 2 heterocycles. The molecule has 1 atom stereocenters. The zero-order chi connectivity index (χ0) is 25.1. The van der Waals surface area contributed by atoms with Crippen LogP contribution in [0.1, 0.15) is 68.7 Å². The lowest BCUT2D eigenvalue weighted by Gasteiger charge is -2.32. The quantitative estimate of drug-likeness (QED) is 0.502. The summed E-state index contributed by atoms with van der Waals surface area (Å²) in [5.41, 5.74) is 4.28. The van der Waals surface area contributed by atoms with E-state index in [1.807, 2.05) is 36.9 Å². The van der Waals surface area contributed by atoms with Crippen LogP contribution in [0.2, 0.25) is 0 Å². The summed E-state index contributed by atoms with van der Waals surface area (Å²) in [5, 5.41) is 17.1. The molecule has 3 aromatic rings. The van der Waals surface area contributed by atoms with E-state index in [1.165, 1.54) is 6.42 Å². The minimum absolute atomic E-state index is 0.0259. The number of nitriles is 1. The van der Waals surface area contributed by atoms with Gasteiger partial charge >= 0.3 is 6.03 Å². The van der Waals surface area contributed by atoms with Crippen molar-refractivity contribution >= 4 is 6.03 Å². The molecule has 1 aromatic heterocycles.